The average Bonchev–Trinajstić information content (AvgIpc) is 3.32. The van der Waals surface area contributed by atoms with Crippen LogP contribution in [0.5, 0.6) is 0 Å². The first-order valence-electron chi connectivity index (χ1n) is 8.55. The van der Waals surface area contributed by atoms with Crippen molar-refractivity contribution in [3.8, 4) is 0 Å². The topological polar surface area (TPSA) is 59.7 Å². The smallest absolute Gasteiger partial charge is 0.272 e. The first kappa shape index (κ1) is 15.8. The van der Waals surface area contributed by atoms with Gasteiger partial charge in [0.2, 0.25) is 0 Å². The summed E-state index contributed by atoms with van der Waals surface area (Å²) in [4.78, 5) is 19.4. The van der Waals surface area contributed by atoms with Crippen molar-refractivity contribution in [2.24, 2.45) is 0 Å². The second kappa shape index (κ2) is 7.03. The Morgan fingerprint density at radius 1 is 1.20 bits per heavy atom. The van der Waals surface area contributed by atoms with Crippen LogP contribution < -0.4 is 0 Å². The van der Waals surface area contributed by atoms with Crippen molar-refractivity contribution >= 4 is 11.4 Å². The third-order valence-electron chi connectivity index (χ3n) is 4.45. The highest BCUT2D eigenvalue weighted by molar-refractivity contribution is 5.93. The van der Waals surface area contributed by atoms with Crippen LogP contribution in [0.2, 0.25) is 0 Å². The summed E-state index contributed by atoms with van der Waals surface area (Å²) in [6.45, 7) is 1.79. The van der Waals surface area contributed by atoms with Crippen LogP contribution >= 0.6 is 0 Å². The second-order valence-corrected chi connectivity index (χ2v) is 6.22. The number of carbonyl (C=O) groups is 1. The average molecular weight is 336 g/mol. The molecule has 0 radical (unpaired) electrons. The lowest BCUT2D eigenvalue weighted by molar-refractivity contribution is 0.0498. The van der Waals surface area contributed by atoms with Gasteiger partial charge in [-0.25, -0.2) is 4.52 Å². The van der Waals surface area contributed by atoms with Crippen molar-refractivity contribution in [3.63, 3.8) is 0 Å². The first-order valence-corrected chi connectivity index (χ1v) is 8.55. The molecule has 6 nitrogen and oxygen atoms in total. The summed E-state index contributed by atoms with van der Waals surface area (Å²) >= 11 is 0. The number of aromatic nitrogens is 3. The molecular weight excluding hydrogens is 316 g/mol. The molecular formula is C19H20N4O2. The van der Waals surface area contributed by atoms with E-state index in [1.54, 1.807) is 16.9 Å². The van der Waals surface area contributed by atoms with Crippen LogP contribution in [0.25, 0.3) is 5.52 Å². The molecule has 0 aliphatic carbocycles. The minimum atomic E-state index is -0.0598. The zero-order chi connectivity index (χ0) is 17.1. The number of amides is 1. The molecule has 0 bridgehead atoms. The zero-order valence-electron chi connectivity index (χ0n) is 13.9. The number of rotatable bonds is 5. The fourth-order valence-corrected chi connectivity index (χ4v) is 3.21. The Hall–Kier alpha value is -2.73. The monoisotopic (exact) mass is 336 g/mol. The van der Waals surface area contributed by atoms with Crippen LogP contribution in [-0.2, 0) is 11.3 Å². The van der Waals surface area contributed by atoms with Crippen LogP contribution in [0, 0.1) is 0 Å². The fraction of sp³-hybridized carbons (Fsp3) is 0.316. The Bertz CT molecular complexity index is 856. The van der Waals surface area contributed by atoms with Gasteiger partial charge in [-0.3, -0.25) is 9.78 Å². The first-order chi connectivity index (χ1) is 12.3. The normalized spacial score (nSPS) is 17.0. The SMILES string of the molecule is O=C(c1cccc2ccnn12)N(Cc1ccccn1)C[C@@H]1CCCO1. The predicted octanol–water partition coefficient (Wildman–Crippen LogP) is 2.55. The maximum absolute atomic E-state index is 13.2. The standard InChI is InChI=1S/C19H20N4O2/c24-19(18-8-3-6-16-9-11-21-23(16)18)22(14-17-7-4-12-25-17)13-15-5-1-2-10-20-15/h1-3,5-6,8-11,17H,4,7,12-14H2/t17-/m0/s1. The van der Waals surface area contributed by atoms with E-state index in [1.165, 1.54) is 0 Å². The Morgan fingerprint density at radius 3 is 2.96 bits per heavy atom. The fourth-order valence-electron chi connectivity index (χ4n) is 3.21. The Balaban J connectivity index is 1.63. The van der Waals surface area contributed by atoms with Gasteiger partial charge in [-0.15, -0.1) is 0 Å². The highest BCUT2D eigenvalue weighted by Crippen LogP contribution is 2.17. The molecule has 1 amide bonds. The molecule has 1 aliphatic heterocycles. The van der Waals surface area contributed by atoms with E-state index in [-0.39, 0.29) is 12.0 Å². The van der Waals surface area contributed by atoms with E-state index in [2.05, 4.69) is 10.1 Å². The number of ether oxygens (including phenoxy) is 1. The van der Waals surface area contributed by atoms with Gasteiger partial charge in [0.25, 0.3) is 5.91 Å². The summed E-state index contributed by atoms with van der Waals surface area (Å²) in [5.41, 5.74) is 2.32. The van der Waals surface area contributed by atoms with Crippen LogP contribution in [0.3, 0.4) is 0 Å². The van der Waals surface area contributed by atoms with E-state index in [4.69, 9.17) is 4.74 Å². The Morgan fingerprint density at radius 2 is 2.16 bits per heavy atom. The van der Waals surface area contributed by atoms with Crippen molar-refractivity contribution in [1.29, 1.82) is 0 Å². The maximum atomic E-state index is 13.2. The summed E-state index contributed by atoms with van der Waals surface area (Å²) < 4.78 is 7.43. The molecule has 128 valence electrons. The number of hydrogen-bond acceptors (Lipinski definition) is 4. The molecule has 4 rings (SSSR count). The molecule has 0 unspecified atom stereocenters. The van der Waals surface area contributed by atoms with Gasteiger partial charge < -0.3 is 9.64 Å². The zero-order valence-corrected chi connectivity index (χ0v) is 13.9. The van der Waals surface area contributed by atoms with E-state index in [9.17, 15) is 4.79 Å². The largest absolute Gasteiger partial charge is 0.376 e. The highest BCUT2D eigenvalue weighted by Gasteiger charge is 2.25. The molecule has 1 fully saturated rings. The molecule has 1 aliphatic rings. The second-order valence-electron chi connectivity index (χ2n) is 6.22. The minimum absolute atomic E-state index is 0.0598. The van der Waals surface area contributed by atoms with Crippen molar-refractivity contribution in [1.82, 2.24) is 19.5 Å². The van der Waals surface area contributed by atoms with E-state index < -0.39 is 0 Å². The molecule has 3 aromatic rings. The number of nitrogens with zero attached hydrogens (tertiary/aromatic N) is 4. The quantitative estimate of drug-likeness (QED) is 0.718. The highest BCUT2D eigenvalue weighted by atomic mass is 16.5. The van der Waals surface area contributed by atoms with E-state index in [0.29, 0.717) is 18.8 Å². The number of fused-ring (bicyclic) bond motifs is 1. The molecule has 3 aromatic heterocycles. The van der Waals surface area contributed by atoms with Crippen LogP contribution in [0.1, 0.15) is 29.0 Å². The summed E-state index contributed by atoms with van der Waals surface area (Å²) in [6, 6.07) is 13.3. The van der Waals surface area contributed by atoms with Crippen LogP contribution in [0.15, 0.2) is 54.9 Å². The molecule has 0 N–H and O–H groups in total. The number of hydrogen-bond donors (Lipinski definition) is 0. The Labute approximate surface area is 146 Å². The molecule has 25 heavy (non-hydrogen) atoms. The number of pyridine rings is 2. The molecule has 6 heteroatoms. The molecule has 1 atom stereocenters. The van der Waals surface area contributed by atoms with Gasteiger partial charge in [-0.1, -0.05) is 12.1 Å². The third kappa shape index (κ3) is 3.39. The van der Waals surface area contributed by atoms with E-state index in [1.807, 2.05) is 47.4 Å². The molecule has 1 saturated heterocycles. The van der Waals surface area contributed by atoms with Crippen molar-refractivity contribution < 1.29 is 9.53 Å². The summed E-state index contributed by atoms with van der Waals surface area (Å²) in [5.74, 6) is -0.0598. The van der Waals surface area contributed by atoms with Gasteiger partial charge >= 0.3 is 0 Å². The molecule has 4 heterocycles. The van der Waals surface area contributed by atoms with Crippen LogP contribution in [0.4, 0.5) is 0 Å². The predicted molar refractivity (Wildman–Crippen MR) is 93.1 cm³/mol. The van der Waals surface area contributed by atoms with E-state index in [0.717, 1.165) is 30.7 Å². The molecule has 0 aromatic carbocycles. The van der Waals surface area contributed by atoms with Gasteiger partial charge in [-0.05, 0) is 43.2 Å². The van der Waals surface area contributed by atoms with Gasteiger partial charge in [0.1, 0.15) is 5.69 Å². The van der Waals surface area contributed by atoms with Crippen molar-refractivity contribution in [3.05, 3.63) is 66.2 Å². The van der Waals surface area contributed by atoms with Crippen LogP contribution in [-0.4, -0.2) is 44.7 Å². The molecule has 0 spiro atoms. The lowest BCUT2D eigenvalue weighted by Gasteiger charge is -2.25. The lowest BCUT2D eigenvalue weighted by atomic mass is 10.2. The summed E-state index contributed by atoms with van der Waals surface area (Å²) in [5, 5.41) is 4.28. The van der Waals surface area contributed by atoms with Gasteiger partial charge in [-0.2, -0.15) is 5.10 Å². The number of carbonyl (C=O) groups excluding carboxylic acids is 1. The summed E-state index contributed by atoms with van der Waals surface area (Å²) in [7, 11) is 0. The Kier molecular flexibility index (Phi) is 4.43. The molecule has 0 saturated carbocycles. The van der Waals surface area contributed by atoms with Gasteiger partial charge in [0.05, 0.1) is 30.1 Å². The lowest BCUT2D eigenvalue weighted by Crippen LogP contribution is -2.38. The minimum Gasteiger partial charge on any atom is -0.376 e. The summed E-state index contributed by atoms with van der Waals surface area (Å²) in [6.07, 6.45) is 5.57. The van der Waals surface area contributed by atoms with Gasteiger partial charge in [0, 0.05) is 19.3 Å². The van der Waals surface area contributed by atoms with Crippen molar-refractivity contribution in [2.75, 3.05) is 13.2 Å². The maximum Gasteiger partial charge on any atom is 0.272 e. The van der Waals surface area contributed by atoms with Gasteiger partial charge in [0.15, 0.2) is 0 Å². The third-order valence-corrected chi connectivity index (χ3v) is 4.45. The van der Waals surface area contributed by atoms with Crippen molar-refractivity contribution in [2.45, 2.75) is 25.5 Å². The van der Waals surface area contributed by atoms with E-state index >= 15 is 0 Å².